The molecule has 0 amide bonds. The van der Waals surface area contributed by atoms with Gasteiger partial charge in [0.05, 0.1) is 12.2 Å². The first kappa shape index (κ1) is 23.3. The molecule has 3 heterocycles. The molecule has 0 aromatic heterocycles. The van der Waals surface area contributed by atoms with E-state index in [9.17, 15) is 4.79 Å². The highest BCUT2D eigenvalue weighted by Gasteiger charge is 2.24. The van der Waals surface area contributed by atoms with Crippen LogP contribution in [0.25, 0.3) is 0 Å². The van der Waals surface area contributed by atoms with Gasteiger partial charge < -0.3 is 10.4 Å². The Kier molecular flexibility index (Phi) is 8.62. The van der Waals surface area contributed by atoms with Crippen molar-refractivity contribution in [3.8, 4) is 0 Å². The number of rotatable bonds is 10. The molecular weight excluding hydrogens is 424 g/mol. The third-order valence-electron chi connectivity index (χ3n) is 6.43. The lowest BCUT2D eigenvalue weighted by Crippen LogP contribution is -2.41. The number of amidine groups is 1. The first-order chi connectivity index (χ1) is 15.7. The number of aliphatic carboxylic acids is 1. The van der Waals surface area contributed by atoms with Gasteiger partial charge in [-0.3, -0.25) is 19.3 Å². The second kappa shape index (κ2) is 11.8. The summed E-state index contributed by atoms with van der Waals surface area (Å²) in [6.07, 6.45) is 8.64. The predicted octanol–water partition coefficient (Wildman–Crippen LogP) is 3.84. The molecule has 1 aromatic carbocycles. The molecule has 1 aromatic rings. The van der Waals surface area contributed by atoms with Crippen LogP contribution in [0, 0.1) is 0 Å². The number of hydrogen-bond acceptors (Lipinski definition) is 7. The molecule has 2 unspecified atom stereocenters. The van der Waals surface area contributed by atoms with Crippen LogP contribution in [0.1, 0.15) is 62.0 Å². The normalized spacial score (nSPS) is 23.2. The number of benzene rings is 1. The van der Waals surface area contributed by atoms with Crippen molar-refractivity contribution in [1.82, 2.24) is 14.9 Å². The highest BCUT2D eigenvalue weighted by molar-refractivity contribution is 7.92. The van der Waals surface area contributed by atoms with Gasteiger partial charge in [0.2, 0.25) is 0 Å². The van der Waals surface area contributed by atoms with Crippen LogP contribution in [0.5, 0.6) is 0 Å². The lowest BCUT2D eigenvalue weighted by Gasteiger charge is -2.28. The fourth-order valence-corrected chi connectivity index (χ4v) is 5.35. The zero-order valence-electron chi connectivity index (χ0n) is 18.6. The van der Waals surface area contributed by atoms with Gasteiger partial charge in [0.25, 0.3) is 0 Å². The lowest BCUT2D eigenvalue weighted by molar-refractivity contribution is -0.137. The molecule has 2 atom stereocenters. The van der Waals surface area contributed by atoms with E-state index in [0.29, 0.717) is 19.2 Å². The quantitative estimate of drug-likeness (QED) is 0.213. The molecule has 32 heavy (non-hydrogen) atoms. The zero-order valence-corrected chi connectivity index (χ0v) is 19.4. The number of hydrogen-bond donors (Lipinski definition) is 3. The maximum absolute atomic E-state index is 11.0. The first-order valence-corrected chi connectivity index (χ1v) is 12.4. The fourth-order valence-electron chi connectivity index (χ4n) is 4.70. The van der Waals surface area contributed by atoms with E-state index in [1.54, 1.807) is 0 Å². The van der Waals surface area contributed by atoms with Crippen LogP contribution in [-0.2, 0) is 15.5 Å². The van der Waals surface area contributed by atoms with Crippen LogP contribution >= 0.6 is 12.2 Å². The Hall–Kier alpha value is -1.87. The molecule has 3 N–H and O–H groups in total. The minimum absolute atomic E-state index is 0.215. The molecule has 8 heteroatoms. The number of nitrogens with zero attached hydrogens (tertiary/aromatic N) is 2. The Labute approximate surface area is 195 Å². The summed E-state index contributed by atoms with van der Waals surface area (Å²) < 4.78 is 8.07. The number of carboxylic acids is 1. The fraction of sp³-hybridized carbons (Fsp3) is 0.583. The highest BCUT2D eigenvalue weighted by Crippen LogP contribution is 2.34. The molecule has 0 spiro atoms. The third kappa shape index (κ3) is 6.57. The van der Waals surface area contributed by atoms with Crippen LogP contribution in [-0.4, -0.2) is 53.6 Å². The van der Waals surface area contributed by atoms with Crippen LogP contribution in [0.3, 0.4) is 0 Å². The monoisotopic (exact) mass is 458 g/mol. The Morgan fingerprint density at radius 3 is 3.16 bits per heavy atom. The minimum atomic E-state index is -0.723. The predicted molar refractivity (Wildman–Crippen MR) is 128 cm³/mol. The molecule has 0 radical (unpaired) electrons. The zero-order chi connectivity index (χ0) is 22.2. The van der Waals surface area contributed by atoms with Crippen molar-refractivity contribution in [3.05, 3.63) is 47.0 Å². The maximum atomic E-state index is 11.0. The summed E-state index contributed by atoms with van der Waals surface area (Å²) in [5.41, 5.74) is 3.95. The highest BCUT2D eigenvalue weighted by atomic mass is 32.2. The van der Waals surface area contributed by atoms with Crippen LogP contribution < -0.4 is 10.6 Å². The average Bonchev–Trinajstić information content (AvgIpc) is 2.99. The Morgan fingerprint density at radius 2 is 2.25 bits per heavy atom. The summed E-state index contributed by atoms with van der Waals surface area (Å²) in [5.74, 6) is 0.679. The van der Waals surface area contributed by atoms with Gasteiger partial charge in [-0.1, -0.05) is 30.3 Å². The van der Waals surface area contributed by atoms with Gasteiger partial charge in [0.1, 0.15) is 12.6 Å². The Bertz CT molecular complexity index is 844. The molecule has 0 saturated heterocycles. The molecule has 7 nitrogen and oxygen atoms in total. The first-order valence-electron chi connectivity index (χ1n) is 11.7. The van der Waals surface area contributed by atoms with E-state index in [-0.39, 0.29) is 12.3 Å². The van der Waals surface area contributed by atoms with E-state index < -0.39 is 5.97 Å². The van der Waals surface area contributed by atoms with E-state index in [1.165, 1.54) is 35.3 Å². The largest absolute Gasteiger partial charge is 0.481 e. The smallest absolute Gasteiger partial charge is 0.303 e. The van der Waals surface area contributed by atoms with Gasteiger partial charge in [0.15, 0.2) is 0 Å². The van der Waals surface area contributed by atoms with E-state index in [0.717, 1.165) is 57.7 Å². The number of aliphatic imine (C=N–C) groups is 1. The maximum Gasteiger partial charge on any atom is 0.303 e. The summed E-state index contributed by atoms with van der Waals surface area (Å²) in [4.78, 5) is 15.7. The van der Waals surface area contributed by atoms with Crippen LogP contribution in [0.2, 0.25) is 0 Å². The minimum Gasteiger partial charge on any atom is -0.481 e. The third-order valence-corrected chi connectivity index (χ3v) is 7.18. The van der Waals surface area contributed by atoms with Crippen molar-refractivity contribution in [1.29, 1.82) is 0 Å². The molecular formula is C24H34N4O3S. The topological polar surface area (TPSA) is 86.2 Å². The average molecular weight is 459 g/mol. The molecule has 174 valence electrons. The Morgan fingerprint density at radius 1 is 1.34 bits per heavy atom. The van der Waals surface area contributed by atoms with Crippen LogP contribution in [0.4, 0.5) is 0 Å². The SMILES string of the molecule is O=C(O)CCC1CCN(SOCNCCC2CC=C3CCCN=C3N2)Cc2ccccc21. The molecule has 3 aliphatic heterocycles. The van der Waals surface area contributed by atoms with Gasteiger partial charge in [-0.25, -0.2) is 4.31 Å². The molecule has 0 fully saturated rings. The van der Waals surface area contributed by atoms with Crippen molar-refractivity contribution in [2.24, 2.45) is 4.99 Å². The second-order valence-corrected chi connectivity index (χ2v) is 9.65. The molecule has 0 aliphatic carbocycles. The number of carbonyl (C=O) groups is 1. The van der Waals surface area contributed by atoms with E-state index >= 15 is 0 Å². The van der Waals surface area contributed by atoms with Crippen LogP contribution in [0.15, 0.2) is 40.9 Å². The van der Waals surface area contributed by atoms with Crippen molar-refractivity contribution in [3.63, 3.8) is 0 Å². The lowest BCUT2D eigenvalue weighted by atomic mass is 9.89. The summed E-state index contributed by atoms with van der Waals surface area (Å²) >= 11 is 1.41. The van der Waals surface area contributed by atoms with Gasteiger partial charge in [-0.05, 0) is 67.7 Å². The summed E-state index contributed by atoms with van der Waals surface area (Å²) in [7, 11) is 0. The van der Waals surface area contributed by atoms with E-state index in [2.05, 4.69) is 50.3 Å². The number of carboxylic acid groups (broad SMARTS) is 1. The van der Waals surface area contributed by atoms with E-state index in [4.69, 9.17) is 9.29 Å². The van der Waals surface area contributed by atoms with Gasteiger partial charge in [-0.15, -0.1) is 0 Å². The Balaban J connectivity index is 1.16. The number of fused-ring (bicyclic) bond motifs is 2. The molecule has 4 rings (SSSR count). The van der Waals surface area contributed by atoms with Gasteiger partial charge in [-0.2, -0.15) is 0 Å². The number of nitrogens with one attached hydrogen (secondary N) is 2. The molecule has 0 saturated carbocycles. The summed E-state index contributed by atoms with van der Waals surface area (Å²) in [5, 5.41) is 16.1. The molecule has 3 aliphatic rings. The van der Waals surface area contributed by atoms with Crippen molar-refractivity contribution in [2.75, 3.05) is 26.4 Å². The second-order valence-electron chi connectivity index (χ2n) is 8.75. The summed E-state index contributed by atoms with van der Waals surface area (Å²) in [6, 6.07) is 8.84. The molecule has 0 bridgehead atoms. The van der Waals surface area contributed by atoms with E-state index in [1.807, 2.05) is 0 Å². The standard InChI is InChI=1S/C24H34N4O3S/c29-23(30)10-8-18-12-15-28(16-20-4-1-2-6-22(18)20)32-31-17-25-14-11-21-9-7-19-5-3-13-26-24(19)27-21/h1-2,4,6-7,18,21,25H,3,5,8-17H2,(H,26,27)(H,29,30). The summed E-state index contributed by atoms with van der Waals surface area (Å²) in [6.45, 7) is 4.03. The van der Waals surface area contributed by atoms with Crippen molar-refractivity contribution < 1.29 is 14.1 Å². The van der Waals surface area contributed by atoms with Crippen molar-refractivity contribution in [2.45, 2.75) is 63.5 Å². The van der Waals surface area contributed by atoms with Gasteiger partial charge >= 0.3 is 5.97 Å². The van der Waals surface area contributed by atoms with Gasteiger partial charge in [0, 0.05) is 32.1 Å². The van der Waals surface area contributed by atoms with Crippen molar-refractivity contribution >= 4 is 24.0 Å².